The standard InChI is InChI=1S/C11H16BrN3O/c1-15(2)11(16)3-4-13-6-9-5-10(12)8-14-7-9/h5,7-8,13H,3-4,6H2,1-2H3. The molecule has 0 bridgehead atoms. The number of carbonyl (C=O) groups excluding carboxylic acids is 1. The number of rotatable bonds is 5. The average Bonchev–Trinajstić information content (AvgIpc) is 2.24. The Labute approximate surface area is 104 Å². The topological polar surface area (TPSA) is 45.2 Å². The molecule has 1 rings (SSSR count). The molecule has 0 atom stereocenters. The van der Waals surface area contributed by atoms with Gasteiger partial charge in [0, 0.05) is 50.5 Å². The van der Waals surface area contributed by atoms with E-state index in [9.17, 15) is 4.79 Å². The van der Waals surface area contributed by atoms with Crippen molar-refractivity contribution in [2.75, 3.05) is 20.6 Å². The second-order valence-electron chi connectivity index (χ2n) is 3.73. The van der Waals surface area contributed by atoms with Gasteiger partial charge in [-0.15, -0.1) is 0 Å². The van der Waals surface area contributed by atoms with Gasteiger partial charge in [0.2, 0.25) is 5.91 Å². The van der Waals surface area contributed by atoms with Crippen molar-refractivity contribution in [1.82, 2.24) is 15.2 Å². The van der Waals surface area contributed by atoms with Crippen LogP contribution in [0.1, 0.15) is 12.0 Å². The fraction of sp³-hybridized carbons (Fsp3) is 0.455. The monoisotopic (exact) mass is 285 g/mol. The van der Waals surface area contributed by atoms with Crippen LogP contribution in [0.15, 0.2) is 22.9 Å². The Hall–Kier alpha value is -0.940. The molecule has 1 N–H and O–H groups in total. The predicted molar refractivity (Wildman–Crippen MR) is 67.0 cm³/mol. The molecule has 0 aliphatic carbocycles. The van der Waals surface area contributed by atoms with Crippen LogP contribution in [-0.2, 0) is 11.3 Å². The zero-order valence-electron chi connectivity index (χ0n) is 9.53. The van der Waals surface area contributed by atoms with Crippen LogP contribution < -0.4 is 5.32 Å². The second-order valence-corrected chi connectivity index (χ2v) is 4.64. The summed E-state index contributed by atoms with van der Waals surface area (Å²) in [5.41, 5.74) is 1.10. The molecule has 0 unspecified atom stereocenters. The van der Waals surface area contributed by atoms with Gasteiger partial charge in [-0.05, 0) is 27.6 Å². The Morgan fingerprint density at radius 2 is 2.25 bits per heavy atom. The number of nitrogens with zero attached hydrogens (tertiary/aromatic N) is 2. The second kappa shape index (κ2) is 6.60. The molecular weight excluding hydrogens is 270 g/mol. The number of carbonyl (C=O) groups is 1. The molecule has 1 amide bonds. The van der Waals surface area contributed by atoms with E-state index in [1.54, 1.807) is 25.2 Å². The summed E-state index contributed by atoms with van der Waals surface area (Å²) in [6.07, 6.45) is 4.08. The number of nitrogens with one attached hydrogen (secondary N) is 1. The van der Waals surface area contributed by atoms with E-state index in [1.807, 2.05) is 12.3 Å². The third-order valence-corrected chi connectivity index (χ3v) is 2.54. The van der Waals surface area contributed by atoms with Gasteiger partial charge >= 0.3 is 0 Å². The lowest BCUT2D eigenvalue weighted by Crippen LogP contribution is -2.26. The summed E-state index contributed by atoms with van der Waals surface area (Å²) in [5.74, 6) is 0.139. The van der Waals surface area contributed by atoms with Gasteiger partial charge in [-0.2, -0.15) is 0 Å². The first-order valence-corrected chi connectivity index (χ1v) is 5.89. The Morgan fingerprint density at radius 1 is 1.50 bits per heavy atom. The van der Waals surface area contributed by atoms with Crippen LogP contribution in [0, 0.1) is 0 Å². The number of pyridine rings is 1. The molecule has 4 nitrogen and oxygen atoms in total. The molecule has 0 aliphatic rings. The summed E-state index contributed by atoms with van der Waals surface area (Å²) in [6, 6.07) is 2.01. The first-order chi connectivity index (χ1) is 7.59. The molecule has 16 heavy (non-hydrogen) atoms. The molecule has 0 radical (unpaired) electrons. The van der Waals surface area contributed by atoms with Gasteiger partial charge in [0.05, 0.1) is 0 Å². The molecule has 0 spiro atoms. The third kappa shape index (κ3) is 4.72. The highest BCUT2D eigenvalue weighted by Crippen LogP contribution is 2.08. The SMILES string of the molecule is CN(C)C(=O)CCNCc1cncc(Br)c1. The largest absolute Gasteiger partial charge is 0.349 e. The molecule has 5 heteroatoms. The molecule has 88 valence electrons. The van der Waals surface area contributed by atoms with E-state index in [0.717, 1.165) is 16.6 Å². The maximum absolute atomic E-state index is 11.3. The minimum atomic E-state index is 0.139. The number of hydrogen-bond acceptors (Lipinski definition) is 3. The summed E-state index contributed by atoms with van der Waals surface area (Å²) in [4.78, 5) is 16.9. The van der Waals surface area contributed by atoms with Crippen molar-refractivity contribution < 1.29 is 4.79 Å². The van der Waals surface area contributed by atoms with E-state index in [2.05, 4.69) is 26.2 Å². The summed E-state index contributed by atoms with van der Waals surface area (Å²) in [7, 11) is 3.53. The normalized spacial score (nSPS) is 10.2. The maximum Gasteiger partial charge on any atom is 0.223 e. The van der Waals surface area contributed by atoms with Gasteiger partial charge in [0.25, 0.3) is 0 Å². The molecular formula is C11H16BrN3O. The first-order valence-electron chi connectivity index (χ1n) is 5.10. The van der Waals surface area contributed by atoms with E-state index in [-0.39, 0.29) is 5.91 Å². The van der Waals surface area contributed by atoms with Crippen molar-refractivity contribution in [2.24, 2.45) is 0 Å². The zero-order valence-corrected chi connectivity index (χ0v) is 11.1. The van der Waals surface area contributed by atoms with Crippen molar-refractivity contribution >= 4 is 21.8 Å². The summed E-state index contributed by atoms with van der Waals surface area (Å²) in [6.45, 7) is 1.41. The maximum atomic E-state index is 11.3. The van der Waals surface area contributed by atoms with E-state index >= 15 is 0 Å². The van der Waals surface area contributed by atoms with Crippen LogP contribution in [0.5, 0.6) is 0 Å². The zero-order chi connectivity index (χ0) is 12.0. The molecule has 0 saturated carbocycles. The fourth-order valence-corrected chi connectivity index (χ4v) is 1.62. The van der Waals surface area contributed by atoms with Crippen molar-refractivity contribution in [3.05, 3.63) is 28.5 Å². The Kier molecular flexibility index (Phi) is 5.42. The van der Waals surface area contributed by atoms with E-state index in [1.165, 1.54) is 0 Å². The first kappa shape index (κ1) is 13.1. The van der Waals surface area contributed by atoms with Gasteiger partial charge in [-0.1, -0.05) is 0 Å². The lowest BCUT2D eigenvalue weighted by molar-refractivity contribution is -0.128. The Balaban J connectivity index is 2.23. The van der Waals surface area contributed by atoms with Crippen molar-refractivity contribution in [2.45, 2.75) is 13.0 Å². The quantitative estimate of drug-likeness (QED) is 0.832. The highest BCUT2D eigenvalue weighted by molar-refractivity contribution is 9.10. The lowest BCUT2D eigenvalue weighted by atomic mass is 10.3. The summed E-state index contributed by atoms with van der Waals surface area (Å²) < 4.78 is 0.969. The highest BCUT2D eigenvalue weighted by atomic mass is 79.9. The highest BCUT2D eigenvalue weighted by Gasteiger charge is 2.02. The smallest absolute Gasteiger partial charge is 0.223 e. The number of aromatic nitrogens is 1. The minimum Gasteiger partial charge on any atom is -0.349 e. The number of halogens is 1. The van der Waals surface area contributed by atoms with Gasteiger partial charge in [-0.3, -0.25) is 9.78 Å². The number of amides is 1. The average molecular weight is 286 g/mol. The summed E-state index contributed by atoms with van der Waals surface area (Å²) >= 11 is 3.36. The van der Waals surface area contributed by atoms with Crippen LogP contribution in [0.2, 0.25) is 0 Å². The lowest BCUT2D eigenvalue weighted by Gasteiger charge is -2.10. The minimum absolute atomic E-state index is 0.139. The van der Waals surface area contributed by atoms with E-state index in [0.29, 0.717) is 13.0 Å². The Morgan fingerprint density at radius 3 is 2.88 bits per heavy atom. The van der Waals surface area contributed by atoms with Crippen LogP contribution in [0.3, 0.4) is 0 Å². The molecule has 0 fully saturated rings. The van der Waals surface area contributed by atoms with Crippen LogP contribution in [0.25, 0.3) is 0 Å². The van der Waals surface area contributed by atoms with E-state index < -0.39 is 0 Å². The van der Waals surface area contributed by atoms with E-state index in [4.69, 9.17) is 0 Å². The molecule has 0 aromatic carbocycles. The van der Waals surface area contributed by atoms with Crippen LogP contribution in [-0.4, -0.2) is 36.4 Å². The Bertz CT molecular complexity index is 355. The van der Waals surface area contributed by atoms with Gasteiger partial charge in [0.1, 0.15) is 0 Å². The molecule has 1 heterocycles. The molecule has 1 aromatic heterocycles. The van der Waals surface area contributed by atoms with Crippen molar-refractivity contribution in [3.8, 4) is 0 Å². The summed E-state index contributed by atoms with van der Waals surface area (Å²) in [5, 5.41) is 3.21. The van der Waals surface area contributed by atoms with Crippen LogP contribution in [0.4, 0.5) is 0 Å². The molecule has 0 aliphatic heterocycles. The fourth-order valence-electron chi connectivity index (χ4n) is 1.20. The van der Waals surface area contributed by atoms with Gasteiger partial charge < -0.3 is 10.2 Å². The van der Waals surface area contributed by atoms with Gasteiger partial charge in [-0.25, -0.2) is 0 Å². The van der Waals surface area contributed by atoms with Crippen LogP contribution >= 0.6 is 15.9 Å². The third-order valence-electron chi connectivity index (χ3n) is 2.11. The number of hydrogen-bond donors (Lipinski definition) is 1. The molecule has 1 aromatic rings. The molecule has 0 saturated heterocycles. The van der Waals surface area contributed by atoms with Crippen molar-refractivity contribution in [3.63, 3.8) is 0 Å². The predicted octanol–water partition coefficient (Wildman–Crippen LogP) is 1.41. The van der Waals surface area contributed by atoms with Crippen molar-refractivity contribution in [1.29, 1.82) is 0 Å². The van der Waals surface area contributed by atoms with Gasteiger partial charge in [0.15, 0.2) is 0 Å².